The predicted octanol–water partition coefficient (Wildman–Crippen LogP) is 3.16. The molecule has 2 heterocycles. The van der Waals surface area contributed by atoms with Crippen LogP contribution >= 0.6 is 24.8 Å². The number of aromatic nitrogens is 1. The number of amides is 1. The van der Waals surface area contributed by atoms with Crippen molar-refractivity contribution in [2.45, 2.75) is 51.0 Å². The summed E-state index contributed by atoms with van der Waals surface area (Å²) in [6.07, 6.45) is 8.36. The van der Waals surface area contributed by atoms with Gasteiger partial charge in [0.05, 0.1) is 11.1 Å². The molecule has 3 N–H and O–H groups in total. The molecule has 0 radical (unpaired) electrons. The van der Waals surface area contributed by atoms with E-state index in [0.717, 1.165) is 50.5 Å². The van der Waals surface area contributed by atoms with Crippen LogP contribution in [0.1, 0.15) is 55.8 Å². The lowest BCUT2D eigenvalue weighted by atomic mass is 9.97. The molecule has 2 fully saturated rings. The van der Waals surface area contributed by atoms with Crippen LogP contribution in [0, 0.1) is 5.92 Å². The number of hydrogen-bond donors (Lipinski definition) is 2. The van der Waals surface area contributed by atoms with E-state index in [9.17, 15) is 4.79 Å². The highest BCUT2D eigenvalue weighted by Gasteiger charge is 2.34. The van der Waals surface area contributed by atoms with Crippen molar-refractivity contribution in [1.29, 1.82) is 0 Å². The van der Waals surface area contributed by atoms with E-state index < -0.39 is 0 Å². The van der Waals surface area contributed by atoms with Gasteiger partial charge in [-0.05, 0) is 43.7 Å². The quantitative estimate of drug-likeness (QED) is 0.830. The molecule has 1 saturated heterocycles. The highest BCUT2D eigenvalue weighted by molar-refractivity contribution is 5.94. The number of nitrogens with one attached hydrogen (secondary N) is 1. The molecule has 0 bridgehead atoms. The van der Waals surface area contributed by atoms with E-state index >= 15 is 0 Å². The third-order valence-electron chi connectivity index (χ3n) is 5.45. The van der Waals surface area contributed by atoms with Crippen molar-refractivity contribution in [3.63, 3.8) is 0 Å². The predicted molar refractivity (Wildman–Crippen MR) is 107 cm³/mol. The van der Waals surface area contributed by atoms with Gasteiger partial charge in [0.1, 0.15) is 5.82 Å². The first kappa shape index (κ1) is 22.0. The van der Waals surface area contributed by atoms with E-state index in [-0.39, 0.29) is 36.3 Å². The van der Waals surface area contributed by atoms with Gasteiger partial charge >= 0.3 is 0 Å². The molecule has 1 aromatic rings. The van der Waals surface area contributed by atoms with Crippen LogP contribution in [0.25, 0.3) is 0 Å². The van der Waals surface area contributed by atoms with Crippen LogP contribution in [0.5, 0.6) is 0 Å². The number of carbonyl (C=O) groups excluding carboxylic acids is 1. The van der Waals surface area contributed by atoms with Gasteiger partial charge in [0.15, 0.2) is 0 Å². The Morgan fingerprint density at radius 2 is 1.92 bits per heavy atom. The van der Waals surface area contributed by atoms with Crippen LogP contribution in [0.2, 0.25) is 0 Å². The number of pyridine rings is 1. The van der Waals surface area contributed by atoms with E-state index in [1.807, 2.05) is 12.1 Å². The van der Waals surface area contributed by atoms with Gasteiger partial charge in [-0.3, -0.25) is 4.79 Å². The topological polar surface area (TPSA) is 71.2 Å². The lowest BCUT2D eigenvalue weighted by Gasteiger charge is -2.31. The smallest absolute Gasteiger partial charge is 0.253 e. The van der Waals surface area contributed by atoms with E-state index in [1.165, 1.54) is 12.8 Å². The Hall–Kier alpha value is -1.04. The molecular formula is C18H30Cl2N4O. The molecule has 142 valence electrons. The van der Waals surface area contributed by atoms with Crippen molar-refractivity contribution in [3.05, 3.63) is 23.9 Å². The Morgan fingerprint density at radius 3 is 2.44 bits per heavy atom. The van der Waals surface area contributed by atoms with Gasteiger partial charge in [0.25, 0.3) is 5.91 Å². The Kier molecular flexibility index (Phi) is 8.45. The molecule has 0 spiro atoms. The van der Waals surface area contributed by atoms with Crippen LogP contribution in [-0.4, -0.2) is 36.1 Å². The molecule has 3 rings (SSSR count). The first-order valence-electron chi connectivity index (χ1n) is 8.85. The van der Waals surface area contributed by atoms with Crippen molar-refractivity contribution >= 4 is 36.5 Å². The summed E-state index contributed by atoms with van der Waals surface area (Å²) in [4.78, 5) is 19.3. The average molecular weight is 389 g/mol. The molecule has 1 aliphatic heterocycles. The number of hydrogen-bond acceptors (Lipinski definition) is 4. The van der Waals surface area contributed by atoms with Crippen molar-refractivity contribution in [2.75, 3.05) is 24.5 Å². The Balaban J connectivity index is 0.00000156. The molecule has 7 heteroatoms. The van der Waals surface area contributed by atoms with Gasteiger partial charge in [-0.15, -0.1) is 24.8 Å². The van der Waals surface area contributed by atoms with Crippen molar-refractivity contribution in [1.82, 2.24) is 10.3 Å². The number of carbonyl (C=O) groups is 1. The number of nitrogens with two attached hydrogens (primary N) is 1. The molecule has 1 saturated carbocycles. The minimum absolute atomic E-state index is 0. The maximum absolute atomic E-state index is 12.5. The maximum atomic E-state index is 12.5. The van der Waals surface area contributed by atoms with E-state index in [0.29, 0.717) is 12.1 Å². The molecule has 1 aliphatic carbocycles. The van der Waals surface area contributed by atoms with Crippen LogP contribution in [-0.2, 0) is 0 Å². The third kappa shape index (κ3) is 5.22. The summed E-state index contributed by atoms with van der Waals surface area (Å²) in [6, 6.07) is 3.85. The SMILES string of the molecule is CC1CCN(c2ccc(C(=O)NC3(CN)CCCC3)cn2)CC1.Cl.Cl. The molecule has 0 aromatic carbocycles. The second-order valence-electron chi connectivity index (χ2n) is 7.22. The summed E-state index contributed by atoms with van der Waals surface area (Å²) in [5, 5.41) is 3.15. The molecule has 0 atom stereocenters. The standard InChI is InChI=1S/C18H28N4O.2ClH/c1-14-6-10-22(11-7-14)16-5-4-15(12-20-16)17(23)21-18(13-19)8-2-3-9-18;;/h4-5,12,14H,2-3,6-11,13,19H2,1H3,(H,21,23);2*1H. The Morgan fingerprint density at radius 1 is 1.28 bits per heavy atom. The molecule has 1 amide bonds. The summed E-state index contributed by atoms with van der Waals surface area (Å²) in [7, 11) is 0. The monoisotopic (exact) mass is 388 g/mol. The van der Waals surface area contributed by atoms with Crippen LogP contribution < -0.4 is 16.0 Å². The lowest BCUT2D eigenvalue weighted by Crippen LogP contribution is -2.51. The zero-order valence-electron chi connectivity index (χ0n) is 14.9. The maximum Gasteiger partial charge on any atom is 0.253 e. The Bertz CT molecular complexity index is 539. The molecule has 25 heavy (non-hydrogen) atoms. The fraction of sp³-hybridized carbons (Fsp3) is 0.667. The van der Waals surface area contributed by atoms with Gasteiger partial charge in [0.2, 0.25) is 0 Å². The zero-order chi connectivity index (χ0) is 16.3. The molecule has 2 aliphatic rings. The normalized spacial score (nSPS) is 19.7. The summed E-state index contributed by atoms with van der Waals surface area (Å²) >= 11 is 0. The van der Waals surface area contributed by atoms with Gasteiger partial charge in [-0.25, -0.2) is 4.98 Å². The Labute approximate surface area is 163 Å². The number of nitrogens with zero attached hydrogens (tertiary/aromatic N) is 2. The first-order valence-corrected chi connectivity index (χ1v) is 8.85. The van der Waals surface area contributed by atoms with Crippen LogP contribution in [0.15, 0.2) is 18.3 Å². The van der Waals surface area contributed by atoms with Gasteiger partial charge in [0, 0.05) is 25.8 Å². The zero-order valence-corrected chi connectivity index (χ0v) is 16.5. The number of piperidine rings is 1. The number of anilines is 1. The fourth-order valence-corrected chi connectivity index (χ4v) is 3.69. The molecule has 1 aromatic heterocycles. The van der Waals surface area contributed by atoms with Gasteiger partial charge < -0.3 is 16.0 Å². The first-order chi connectivity index (χ1) is 11.1. The highest BCUT2D eigenvalue weighted by atomic mass is 35.5. The van der Waals surface area contributed by atoms with E-state index in [2.05, 4.69) is 22.1 Å². The van der Waals surface area contributed by atoms with E-state index in [1.54, 1.807) is 6.20 Å². The average Bonchev–Trinajstić information content (AvgIpc) is 3.05. The van der Waals surface area contributed by atoms with Gasteiger partial charge in [-0.2, -0.15) is 0 Å². The summed E-state index contributed by atoms with van der Waals surface area (Å²) < 4.78 is 0. The lowest BCUT2D eigenvalue weighted by molar-refractivity contribution is 0.0903. The second kappa shape index (κ2) is 9.60. The summed E-state index contributed by atoms with van der Waals surface area (Å²) in [5.74, 6) is 1.72. The minimum atomic E-state index is -0.210. The summed E-state index contributed by atoms with van der Waals surface area (Å²) in [6.45, 7) is 4.91. The van der Waals surface area contributed by atoms with Crippen molar-refractivity contribution in [3.8, 4) is 0 Å². The fourth-order valence-electron chi connectivity index (χ4n) is 3.69. The van der Waals surface area contributed by atoms with Crippen molar-refractivity contribution < 1.29 is 4.79 Å². The summed E-state index contributed by atoms with van der Waals surface area (Å²) in [5.41, 5.74) is 6.31. The third-order valence-corrected chi connectivity index (χ3v) is 5.45. The van der Waals surface area contributed by atoms with Crippen LogP contribution in [0.4, 0.5) is 5.82 Å². The van der Waals surface area contributed by atoms with Crippen LogP contribution in [0.3, 0.4) is 0 Å². The second-order valence-corrected chi connectivity index (χ2v) is 7.22. The van der Waals surface area contributed by atoms with E-state index in [4.69, 9.17) is 5.73 Å². The molecule has 5 nitrogen and oxygen atoms in total. The molecule has 0 unspecified atom stereocenters. The number of rotatable bonds is 4. The highest BCUT2D eigenvalue weighted by Crippen LogP contribution is 2.29. The number of halogens is 2. The van der Waals surface area contributed by atoms with Crippen molar-refractivity contribution in [2.24, 2.45) is 11.7 Å². The molecular weight excluding hydrogens is 359 g/mol. The largest absolute Gasteiger partial charge is 0.357 e. The van der Waals surface area contributed by atoms with Gasteiger partial charge in [-0.1, -0.05) is 19.8 Å². The minimum Gasteiger partial charge on any atom is -0.357 e.